The molecule has 1 aliphatic carbocycles. The van der Waals surface area contributed by atoms with Gasteiger partial charge >= 0.3 is 5.97 Å². The molecule has 23 heavy (non-hydrogen) atoms. The second-order valence-electron chi connectivity index (χ2n) is 5.88. The summed E-state index contributed by atoms with van der Waals surface area (Å²) in [4.78, 5) is 24.0. The first-order chi connectivity index (χ1) is 11.2. The van der Waals surface area contributed by atoms with Crippen LogP contribution in [-0.2, 0) is 9.53 Å². The van der Waals surface area contributed by atoms with Gasteiger partial charge < -0.3 is 15.4 Å². The van der Waals surface area contributed by atoms with Gasteiger partial charge in [-0.25, -0.2) is 4.79 Å². The molecule has 0 unspecified atom stereocenters. The van der Waals surface area contributed by atoms with Crippen LogP contribution in [-0.4, -0.2) is 31.1 Å². The van der Waals surface area contributed by atoms with Crippen LogP contribution in [0.3, 0.4) is 0 Å². The Labute approximate surface area is 137 Å². The zero-order valence-corrected chi connectivity index (χ0v) is 13.8. The fourth-order valence-electron chi connectivity index (χ4n) is 2.89. The number of amides is 1. The predicted molar refractivity (Wildman–Crippen MR) is 90.5 cm³/mol. The minimum Gasteiger partial charge on any atom is -0.462 e. The molecule has 0 saturated heterocycles. The zero-order chi connectivity index (χ0) is 16.5. The summed E-state index contributed by atoms with van der Waals surface area (Å²) in [5, 5.41) is 6.13. The average Bonchev–Trinajstić information content (AvgIpc) is 2.82. The van der Waals surface area contributed by atoms with Gasteiger partial charge in [0.1, 0.15) is 0 Å². The number of carbonyl (C=O) groups is 2. The van der Waals surface area contributed by atoms with Gasteiger partial charge in [0.25, 0.3) is 0 Å². The molecule has 5 nitrogen and oxygen atoms in total. The lowest BCUT2D eigenvalue weighted by atomic mass is 10.1. The Morgan fingerprint density at radius 3 is 2.52 bits per heavy atom. The lowest BCUT2D eigenvalue weighted by Crippen LogP contribution is -2.36. The molecule has 0 heterocycles. The monoisotopic (exact) mass is 318 g/mol. The molecule has 0 aromatic heterocycles. The summed E-state index contributed by atoms with van der Waals surface area (Å²) in [5.74, 6) is -0.550. The number of nitrogens with one attached hydrogen (secondary N) is 2. The Hall–Kier alpha value is -1.88. The zero-order valence-electron chi connectivity index (χ0n) is 13.8. The second kappa shape index (κ2) is 9.30. The van der Waals surface area contributed by atoms with Gasteiger partial charge in [-0.15, -0.1) is 0 Å². The van der Waals surface area contributed by atoms with Gasteiger partial charge in [-0.2, -0.15) is 0 Å². The predicted octanol–water partition coefficient (Wildman–Crippen LogP) is 3.11. The van der Waals surface area contributed by atoms with E-state index in [1.54, 1.807) is 31.2 Å². The summed E-state index contributed by atoms with van der Waals surface area (Å²) in [6.45, 7) is 2.34. The third-order valence-corrected chi connectivity index (χ3v) is 4.10. The van der Waals surface area contributed by atoms with Gasteiger partial charge in [-0.1, -0.05) is 37.8 Å². The quantitative estimate of drug-likeness (QED) is 0.625. The lowest BCUT2D eigenvalue weighted by Gasteiger charge is -2.16. The van der Waals surface area contributed by atoms with Crippen molar-refractivity contribution in [2.45, 2.75) is 51.5 Å². The molecular formula is C18H26N2O3. The first kappa shape index (κ1) is 17.5. The highest BCUT2D eigenvalue weighted by atomic mass is 16.5. The SMILES string of the molecule is CCOC(=O)c1ccccc1NC(=O)CNC1CCCCCC1. The van der Waals surface area contributed by atoms with Crippen molar-refractivity contribution in [1.29, 1.82) is 0 Å². The molecule has 126 valence electrons. The van der Waals surface area contributed by atoms with Crippen molar-refractivity contribution in [2.24, 2.45) is 0 Å². The molecule has 0 aliphatic heterocycles. The Balaban J connectivity index is 1.88. The average molecular weight is 318 g/mol. The summed E-state index contributed by atoms with van der Waals surface area (Å²) in [6, 6.07) is 7.34. The third kappa shape index (κ3) is 5.67. The van der Waals surface area contributed by atoms with E-state index < -0.39 is 5.97 Å². The fraction of sp³-hybridized carbons (Fsp3) is 0.556. The van der Waals surface area contributed by atoms with E-state index in [4.69, 9.17) is 4.74 Å². The van der Waals surface area contributed by atoms with Crippen LogP contribution in [0.15, 0.2) is 24.3 Å². The summed E-state index contributed by atoms with van der Waals surface area (Å²) in [6.07, 6.45) is 7.30. The van der Waals surface area contributed by atoms with Gasteiger partial charge in [0.2, 0.25) is 5.91 Å². The van der Waals surface area contributed by atoms with Gasteiger partial charge in [0.05, 0.1) is 24.4 Å². The molecule has 0 radical (unpaired) electrons. The lowest BCUT2D eigenvalue weighted by molar-refractivity contribution is -0.115. The molecule has 1 aromatic carbocycles. The maximum Gasteiger partial charge on any atom is 0.340 e. The Kier molecular flexibility index (Phi) is 7.07. The van der Waals surface area contributed by atoms with Crippen LogP contribution in [0.4, 0.5) is 5.69 Å². The van der Waals surface area contributed by atoms with Crippen LogP contribution in [0.1, 0.15) is 55.8 Å². The maximum absolute atomic E-state index is 12.1. The molecule has 1 fully saturated rings. The highest BCUT2D eigenvalue weighted by Gasteiger charge is 2.16. The summed E-state index contributed by atoms with van der Waals surface area (Å²) < 4.78 is 5.01. The number of anilines is 1. The molecule has 2 rings (SSSR count). The van der Waals surface area contributed by atoms with Crippen LogP contribution >= 0.6 is 0 Å². The van der Waals surface area contributed by atoms with Crippen LogP contribution in [0, 0.1) is 0 Å². The number of hydrogen-bond donors (Lipinski definition) is 2. The van der Waals surface area contributed by atoms with Gasteiger partial charge in [0, 0.05) is 6.04 Å². The second-order valence-corrected chi connectivity index (χ2v) is 5.88. The van der Waals surface area contributed by atoms with Crippen LogP contribution in [0.5, 0.6) is 0 Å². The van der Waals surface area contributed by atoms with Crippen molar-refractivity contribution in [3.63, 3.8) is 0 Å². The Morgan fingerprint density at radius 2 is 1.83 bits per heavy atom. The van der Waals surface area contributed by atoms with Crippen molar-refractivity contribution in [2.75, 3.05) is 18.5 Å². The molecule has 0 bridgehead atoms. The molecule has 2 N–H and O–H groups in total. The van der Waals surface area contributed by atoms with Crippen molar-refractivity contribution >= 4 is 17.6 Å². The van der Waals surface area contributed by atoms with E-state index in [1.807, 2.05) is 0 Å². The smallest absolute Gasteiger partial charge is 0.340 e. The number of carbonyl (C=O) groups excluding carboxylic acids is 2. The molecule has 5 heteroatoms. The normalized spacial score (nSPS) is 15.7. The van der Waals surface area contributed by atoms with E-state index in [1.165, 1.54) is 25.7 Å². The molecule has 1 aliphatic rings. The maximum atomic E-state index is 12.1. The summed E-state index contributed by atoms with van der Waals surface area (Å²) in [7, 11) is 0. The van der Waals surface area contributed by atoms with Gasteiger partial charge in [-0.3, -0.25) is 4.79 Å². The molecule has 1 aromatic rings. The summed E-state index contributed by atoms with van der Waals surface area (Å²) in [5.41, 5.74) is 0.885. The largest absolute Gasteiger partial charge is 0.462 e. The van der Waals surface area contributed by atoms with Crippen LogP contribution in [0.2, 0.25) is 0 Å². The highest BCUT2D eigenvalue weighted by Crippen LogP contribution is 2.18. The van der Waals surface area contributed by atoms with Crippen molar-refractivity contribution in [1.82, 2.24) is 5.32 Å². The number of ether oxygens (including phenoxy) is 1. The molecule has 0 atom stereocenters. The number of rotatable bonds is 6. The van der Waals surface area contributed by atoms with Crippen LogP contribution < -0.4 is 10.6 Å². The van der Waals surface area contributed by atoms with Crippen molar-refractivity contribution < 1.29 is 14.3 Å². The minimum absolute atomic E-state index is 0.133. The van der Waals surface area contributed by atoms with E-state index >= 15 is 0 Å². The number of para-hydroxylation sites is 1. The van der Waals surface area contributed by atoms with Gasteiger partial charge in [0.15, 0.2) is 0 Å². The Bertz CT molecular complexity index is 523. The molecule has 1 amide bonds. The van der Waals surface area contributed by atoms with Crippen molar-refractivity contribution in [3.05, 3.63) is 29.8 Å². The van der Waals surface area contributed by atoms with E-state index in [0.29, 0.717) is 23.9 Å². The van der Waals surface area contributed by atoms with E-state index in [2.05, 4.69) is 10.6 Å². The summed E-state index contributed by atoms with van der Waals surface area (Å²) >= 11 is 0. The number of esters is 1. The topological polar surface area (TPSA) is 67.4 Å². The van der Waals surface area contributed by atoms with Crippen molar-refractivity contribution in [3.8, 4) is 0 Å². The molecule has 1 saturated carbocycles. The van der Waals surface area contributed by atoms with E-state index in [0.717, 1.165) is 12.8 Å². The molecule has 0 spiro atoms. The Morgan fingerprint density at radius 1 is 1.13 bits per heavy atom. The van der Waals surface area contributed by atoms with E-state index in [-0.39, 0.29) is 12.5 Å². The number of benzene rings is 1. The first-order valence-corrected chi connectivity index (χ1v) is 8.50. The first-order valence-electron chi connectivity index (χ1n) is 8.50. The minimum atomic E-state index is -0.417. The standard InChI is InChI=1S/C18H26N2O3/c1-2-23-18(22)15-11-7-8-12-16(15)20-17(21)13-19-14-9-5-3-4-6-10-14/h7-8,11-12,14,19H,2-6,9-10,13H2,1H3,(H,20,21). The highest BCUT2D eigenvalue weighted by molar-refractivity contribution is 6.01. The number of hydrogen-bond acceptors (Lipinski definition) is 4. The van der Waals surface area contributed by atoms with Crippen LogP contribution in [0.25, 0.3) is 0 Å². The van der Waals surface area contributed by atoms with Gasteiger partial charge in [-0.05, 0) is 31.9 Å². The fourth-order valence-corrected chi connectivity index (χ4v) is 2.89. The van der Waals surface area contributed by atoms with E-state index in [9.17, 15) is 9.59 Å². The third-order valence-electron chi connectivity index (χ3n) is 4.10. The molecular weight excluding hydrogens is 292 g/mol.